The number of carbonyl (C=O) groups is 2. The third-order valence-electron chi connectivity index (χ3n) is 2.09. The average molecular weight is 305 g/mol. The Kier molecular flexibility index (Phi) is 8.17. The Hall–Kier alpha value is -1.28. The molecule has 19 heavy (non-hydrogen) atoms. The lowest BCUT2D eigenvalue weighted by atomic mass is 10.1. The van der Waals surface area contributed by atoms with E-state index in [0.29, 0.717) is 5.75 Å². The Balaban J connectivity index is 0.00000324. The highest BCUT2D eigenvalue weighted by Gasteiger charge is 2.24. The molecule has 0 saturated heterocycles. The Morgan fingerprint density at radius 2 is 2.00 bits per heavy atom. The summed E-state index contributed by atoms with van der Waals surface area (Å²) in [5.74, 6) is -0.971. The van der Waals surface area contributed by atoms with Crippen LogP contribution in [0.4, 0.5) is 0 Å². The van der Waals surface area contributed by atoms with E-state index in [1.54, 1.807) is 0 Å². The predicted molar refractivity (Wildman–Crippen MR) is 73.9 cm³/mol. The van der Waals surface area contributed by atoms with E-state index in [1.807, 2.05) is 6.92 Å². The zero-order valence-electron chi connectivity index (χ0n) is 11.3. The van der Waals surface area contributed by atoms with E-state index in [9.17, 15) is 9.59 Å². The molecule has 0 aliphatic carbocycles. The minimum absolute atomic E-state index is 0. The minimum Gasteiger partial charge on any atom is -0.469 e. The van der Waals surface area contributed by atoms with Crippen LogP contribution in [0.2, 0.25) is 0 Å². The highest BCUT2D eigenvalue weighted by Crippen LogP contribution is 2.25. The van der Waals surface area contributed by atoms with Crippen LogP contribution in [0.25, 0.3) is 0 Å². The summed E-state index contributed by atoms with van der Waals surface area (Å²) in [6.45, 7) is 1.86. The van der Waals surface area contributed by atoms with Gasteiger partial charge in [-0.15, -0.1) is 10.2 Å². The smallest absolute Gasteiger partial charge is 0.310 e. The molecule has 1 atom stereocenters. The number of ether oxygens (including phenoxy) is 2. The number of rotatable bonds is 6. The van der Waals surface area contributed by atoms with Crippen LogP contribution < -0.4 is 0 Å². The number of nitrogens with zero attached hydrogens (tertiary/aromatic N) is 2. The van der Waals surface area contributed by atoms with Gasteiger partial charge < -0.3 is 9.47 Å². The van der Waals surface area contributed by atoms with Crippen molar-refractivity contribution < 1.29 is 19.1 Å². The lowest BCUT2D eigenvalue weighted by molar-refractivity contribution is -0.151. The predicted octanol–water partition coefficient (Wildman–Crippen LogP) is 1.74. The van der Waals surface area contributed by atoms with E-state index in [0.717, 1.165) is 9.35 Å². The molecule has 0 aliphatic heterocycles. The number of methoxy groups -OCH3 is 2. The Morgan fingerprint density at radius 1 is 1.32 bits per heavy atom. The molecule has 0 spiro atoms. The lowest BCUT2D eigenvalue weighted by Crippen LogP contribution is -2.22. The third-order valence-corrected chi connectivity index (χ3v) is 4.23. The molecule has 1 aromatic heterocycles. The zero-order valence-corrected chi connectivity index (χ0v) is 13.0. The molecule has 0 radical (unpaired) electrons. The average Bonchev–Trinajstić information content (AvgIpc) is 2.78. The van der Waals surface area contributed by atoms with Gasteiger partial charge in [-0.25, -0.2) is 0 Å². The second-order valence-corrected chi connectivity index (χ2v) is 5.85. The summed E-state index contributed by atoms with van der Waals surface area (Å²) in [5.41, 5.74) is 0. The van der Waals surface area contributed by atoms with Gasteiger partial charge in [0.15, 0.2) is 4.34 Å². The first-order valence-electron chi connectivity index (χ1n) is 5.14. The maximum absolute atomic E-state index is 11.5. The first-order valence-corrected chi connectivity index (χ1v) is 6.94. The molecule has 1 rings (SSSR count). The van der Waals surface area contributed by atoms with Crippen LogP contribution in [-0.2, 0) is 19.1 Å². The molecule has 0 amide bonds. The second-order valence-electron chi connectivity index (χ2n) is 3.40. The number of carbonyl (C=O) groups excluding carboxylic acids is 2. The van der Waals surface area contributed by atoms with E-state index < -0.39 is 17.9 Å². The summed E-state index contributed by atoms with van der Waals surface area (Å²) in [6, 6.07) is 0. The van der Waals surface area contributed by atoms with Gasteiger partial charge in [-0.1, -0.05) is 23.1 Å². The summed E-state index contributed by atoms with van der Waals surface area (Å²) in [7, 11) is 2.59. The van der Waals surface area contributed by atoms with Gasteiger partial charge in [0.1, 0.15) is 5.01 Å². The standard InChI is InChI=1S/C10H14N2O4S2.CH3/c1-6-11-12-10(18-6)17-5-7(9(14)16-3)4-8(13)15-2;/h7H,4-5H2,1-3H3;1H3/q;+1. The fourth-order valence-corrected chi connectivity index (χ4v) is 3.08. The topological polar surface area (TPSA) is 78.4 Å². The van der Waals surface area contributed by atoms with Crippen molar-refractivity contribution in [2.45, 2.75) is 17.7 Å². The first-order chi connectivity index (χ1) is 8.56. The molecular formula is C11H17N2O4S2+. The van der Waals surface area contributed by atoms with Crippen molar-refractivity contribution >= 4 is 35.0 Å². The molecule has 6 nitrogen and oxygen atoms in total. The largest absolute Gasteiger partial charge is 0.469 e. The van der Waals surface area contributed by atoms with Gasteiger partial charge in [-0.2, -0.15) is 0 Å². The van der Waals surface area contributed by atoms with E-state index >= 15 is 0 Å². The van der Waals surface area contributed by atoms with E-state index in [4.69, 9.17) is 0 Å². The number of aryl methyl sites for hydroxylation is 1. The quantitative estimate of drug-likeness (QED) is 0.450. The summed E-state index contributed by atoms with van der Waals surface area (Å²) >= 11 is 2.83. The zero-order chi connectivity index (χ0) is 13.5. The molecule has 0 bridgehead atoms. The summed E-state index contributed by atoms with van der Waals surface area (Å²) < 4.78 is 9.98. The molecule has 0 saturated carbocycles. The van der Waals surface area contributed by atoms with Crippen LogP contribution in [0.1, 0.15) is 11.4 Å². The van der Waals surface area contributed by atoms with E-state index in [1.165, 1.54) is 37.3 Å². The van der Waals surface area contributed by atoms with E-state index in [-0.39, 0.29) is 13.8 Å². The number of hydrogen-bond acceptors (Lipinski definition) is 8. The Morgan fingerprint density at radius 3 is 2.47 bits per heavy atom. The monoisotopic (exact) mass is 305 g/mol. The van der Waals surface area contributed by atoms with Crippen LogP contribution >= 0.6 is 23.1 Å². The van der Waals surface area contributed by atoms with Crippen molar-refractivity contribution in [2.24, 2.45) is 5.92 Å². The third kappa shape index (κ3) is 5.93. The maximum atomic E-state index is 11.5. The van der Waals surface area contributed by atoms with E-state index in [2.05, 4.69) is 19.7 Å². The van der Waals surface area contributed by atoms with Gasteiger partial charge in [0.25, 0.3) is 0 Å². The fourth-order valence-electron chi connectivity index (χ4n) is 1.17. The molecule has 0 fully saturated rings. The molecule has 1 unspecified atom stereocenters. The van der Waals surface area contributed by atoms with Crippen LogP contribution in [0.3, 0.4) is 0 Å². The van der Waals surface area contributed by atoms with Gasteiger partial charge in [-0.3, -0.25) is 9.59 Å². The molecular weight excluding hydrogens is 288 g/mol. The molecule has 0 N–H and O–H groups in total. The highest BCUT2D eigenvalue weighted by atomic mass is 32.2. The summed E-state index contributed by atoms with van der Waals surface area (Å²) in [4.78, 5) is 22.7. The van der Waals surface area contributed by atoms with Crippen molar-refractivity contribution in [3.8, 4) is 0 Å². The number of hydrogen-bond donors (Lipinski definition) is 0. The normalized spacial score (nSPS) is 11.3. The lowest BCUT2D eigenvalue weighted by Gasteiger charge is -2.11. The summed E-state index contributed by atoms with van der Waals surface area (Å²) in [5, 5.41) is 8.67. The van der Waals surface area contributed by atoms with Gasteiger partial charge in [0.2, 0.25) is 0 Å². The number of esters is 2. The molecule has 106 valence electrons. The molecule has 0 aliphatic rings. The van der Waals surface area contributed by atoms with Crippen LogP contribution in [0, 0.1) is 20.3 Å². The van der Waals surface area contributed by atoms with Crippen molar-refractivity contribution in [1.29, 1.82) is 0 Å². The molecule has 0 aromatic carbocycles. The van der Waals surface area contributed by atoms with Gasteiger partial charge in [-0.05, 0) is 6.92 Å². The second kappa shape index (κ2) is 8.76. The van der Waals surface area contributed by atoms with Crippen molar-refractivity contribution in [2.75, 3.05) is 20.0 Å². The van der Waals surface area contributed by atoms with Gasteiger partial charge >= 0.3 is 11.9 Å². The molecule has 1 aromatic rings. The SMILES string of the molecule is COC(=O)CC(CSc1nnc(C)s1)C(=O)OC.[CH3+]. The molecule has 8 heteroatoms. The first kappa shape index (κ1) is 17.7. The van der Waals surface area contributed by atoms with Crippen molar-refractivity contribution in [1.82, 2.24) is 10.2 Å². The summed E-state index contributed by atoms with van der Waals surface area (Å²) in [6.07, 6.45) is 0.00790. The van der Waals surface area contributed by atoms with Crippen molar-refractivity contribution in [3.05, 3.63) is 12.4 Å². The Labute approximate surface area is 120 Å². The fraction of sp³-hybridized carbons (Fsp3) is 0.545. The van der Waals surface area contributed by atoms with Crippen LogP contribution in [-0.4, -0.2) is 42.1 Å². The number of aromatic nitrogens is 2. The van der Waals surface area contributed by atoms with Crippen molar-refractivity contribution in [3.63, 3.8) is 0 Å². The molecule has 1 heterocycles. The number of thioether (sulfide) groups is 1. The van der Waals surface area contributed by atoms with Crippen LogP contribution in [0.15, 0.2) is 4.34 Å². The van der Waals surface area contributed by atoms with Crippen LogP contribution in [0.5, 0.6) is 0 Å². The van der Waals surface area contributed by atoms with Gasteiger partial charge in [0, 0.05) is 13.2 Å². The minimum atomic E-state index is -0.531. The Bertz CT molecular complexity index is 423. The highest BCUT2D eigenvalue weighted by molar-refractivity contribution is 8.01. The van der Waals surface area contributed by atoms with Gasteiger partial charge in [0.05, 0.1) is 26.6 Å². The maximum Gasteiger partial charge on any atom is 0.310 e.